The fourth-order valence-electron chi connectivity index (χ4n) is 4.68. The van der Waals surface area contributed by atoms with E-state index in [0.29, 0.717) is 52.9 Å². The molecule has 4 heterocycles. The summed E-state index contributed by atoms with van der Waals surface area (Å²) in [6, 6.07) is 18.8. The highest BCUT2D eigenvalue weighted by molar-refractivity contribution is 7.99. The third-order valence-electron chi connectivity index (χ3n) is 6.47. The molecule has 12 heteroatoms. The topological polar surface area (TPSA) is 109 Å². The van der Waals surface area contributed by atoms with Crippen molar-refractivity contribution in [2.45, 2.75) is 23.2 Å². The highest BCUT2D eigenvalue weighted by Gasteiger charge is 2.37. The molecule has 0 saturated heterocycles. The van der Waals surface area contributed by atoms with E-state index in [0.717, 1.165) is 0 Å². The number of halogens is 1. The summed E-state index contributed by atoms with van der Waals surface area (Å²) in [5, 5.41) is 1.53. The lowest BCUT2D eigenvalue weighted by atomic mass is 9.92. The van der Waals surface area contributed by atoms with Crippen molar-refractivity contribution in [1.82, 2.24) is 14.5 Å². The standard InChI is InChI=1S/C31H23ClN4O5S2/c1-3-40-29(38)25-26(18-8-5-4-6-9-18)35-31-36(27(25)21-16-19(32)10-12-22(21)39-2)28(37)23(42-31)17-20-11-13-24(41-20)43-30-33-14-7-15-34-30/h4-17,27H,3H2,1-2H3/b23-17-/t27-/m0/s1. The van der Waals surface area contributed by atoms with E-state index in [1.165, 1.54) is 34.8 Å². The molecule has 43 heavy (non-hydrogen) atoms. The van der Waals surface area contributed by atoms with Gasteiger partial charge in [0.05, 0.1) is 29.5 Å². The fourth-order valence-corrected chi connectivity index (χ4v) is 6.52. The van der Waals surface area contributed by atoms with Gasteiger partial charge in [-0.05, 0) is 55.1 Å². The van der Waals surface area contributed by atoms with E-state index in [4.69, 9.17) is 30.5 Å². The zero-order valence-electron chi connectivity index (χ0n) is 22.9. The van der Waals surface area contributed by atoms with Gasteiger partial charge < -0.3 is 13.9 Å². The number of furan rings is 1. The van der Waals surface area contributed by atoms with E-state index in [1.54, 1.807) is 61.8 Å². The molecule has 0 spiro atoms. The highest BCUT2D eigenvalue weighted by Crippen LogP contribution is 2.39. The van der Waals surface area contributed by atoms with Gasteiger partial charge in [0.1, 0.15) is 17.6 Å². The molecule has 1 aliphatic heterocycles. The number of fused-ring (bicyclic) bond motifs is 1. The molecule has 0 radical (unpaired) electrons. The predicted octanol–water partition coefficient (Wildman–Crippen LogP) is 5.13. The van der Waals surface area contributed by atoms with Crippen LogP contribution in [0.3, 0.4) is 0 Å². The van der Waals surface area contributed by atoms with Gasteiger partial charge in [0.15, 0.2) is 15.1 Å². The average molecular weight is 631 g/mol. The van der Waals surface area contributed by atoms with Crippen molar-refractivity contribution in [2.24, 2.45) is 4.99 Å². The molecule has 2 aromatic carbocycles. The maximum Gasteiger partial charge on any atom is 0.338 e. The Kier molecular flexibility index (Phi) is 8.28. The number of methoxy groups -OCH3 is 1. The zero-order valence-corrected chi connectivity index (χ0v) is 25.3. The molecular formula is C31H23ClN4O5S2. The summed E-state index contributed by atoms with van der Waals surface area (Å²) in [6.07, 6.45) is 4.96. The lowest BCUT2D eigenvalue weighted by Gasteiger charge is -2.27. The largest absolute Gasteiger partial charge is 0.496 e. The van der Waals surface area contributed by atoms with Gasteiger partial charge in [0.25, 0.3) is 5.56 Å². The molecule has 0 unspecified atom stereocenters. The van der Waals surface area contributed by atoms with Crippen LogP contribution in [0.15, 0.2) is 109 Å². The van der Waals surface area contributed by atoms with E-state index < -0.39 is 12.0 Å². The summed E-state index contributed by atoms with van der Waals surface area (Å²) in [6.45, 7) is 1.87. The van der Waals surface area contributed by atoms with Crippen LogP contribution >= 0.6 is 34.7 Å². The lowest BCUT2D eigenvalue weighted by molar-refractivity contribution is -0.138. The molecule has 0 saturated carbocycles. The smallest absolute Gasteiger partial charge is 0.338 e. The van der Waals surface area contributed by atoms with Crippen molar-refractivity contribution in [3.8, 4) is 5.75 Å². The number of esters is 1. The first-order valence-electron chi connectivity index (χ1n) is 13.1. The van der Waals surface area contributed by atoms with Crippen molar-refractivity contribution >= 4 is 52.4 Å². The van der Waals surface area contributed by atoms with Crippen LogP contribution in [-0.4, -0.2) is 34.2 Å². The zero-order chi connectivity index (χ0) is 29.9. The van der Waals surface area contributed by atoms with Crippen LogP contribution in [-0.2, 0) is 9.53 Å². The molecule has 9 nitrogen and oxygen atoms in total. The number of hydrogen-bond donors (Lipinski definition) is 0. The molecule has 0 N–H and O–H groups in total. The van der Waals surface area contributed by atoms with Gasteiger partial charge in [-0.2, -0.15) is 0 Å². The Balaban J connectivity index is 1.56. The van der Waals surface area contributed by atoms with Gasteiger partial charge >= 0.3 is 5.97 Å². The number of ether oxygens (including phenoxy) is 2. The summed E-state index contributed by atoms with van der Waals surface area (Å²) >= 11 is 8.91. The number of rotatable bonds is 8. The molecule has 0 bridgehead atoms. The number of thiazole rings is 1. The number of benzene rings is 2. The lowest BCUT2D eigenvalue weighted by Crippen LogP contribution is -2.40. The highest BCUT2D eigenvalue weighted by atomic mass is 35.5. The van der Waals surface area contributed by atoms with Crippen molar-refractivity contribution in [2.75, 3.05) is 13.7 Å². The van der Waals surface area contributed by atoms with Crippen molar-refractivity contribution in [3.63, 3.8) is 0 Å². The van der Waals surface area contributed by atoms with Gasteiger partial charge in [-0.1, -0.05) is 53.3 Å². The minimum Gasteiger partial charge on any atom is -0.496 e. The van der Waals surface area contributed by atoms with Gasteiger partial charge in [-0.3, -0.25) is 9.36 Å². The van der Waals surface area contributed by atoms with Gasteiger partial charge in [0.2, 0.25) is 0 Å². The van der Waals surface area contributed by atoms with Gasteiger partial charge in [0, 0.05) is 34.6 Å². The maximum atomic E-state index is 14.1. The number of aromatic nitrogens is 3. The molecular weight excluding hydrogens is 608 g/mol. The third-order valence-corrected chi connectivity index (χ3v) is 8.50. The quantitative estimate of drug-likeness (QED) is 0.171. The number of hydrogen-bond acceptors (Lipinski definition) is 10. The second kappa shape index (κ2) is 12.4. The number of carbonyl (C=O) groups is 1. The van der Waals surface area contributed by atoms with Crippen LogP contribution in [0.25, 0.3) is 11.8 Å². The second-order valence-corrected chi connectivity index (χ2v) is 11.5. The number of carbonyl (C=O) groups excluding carboxylic acids is 1. The Bertz CT molecular complexity index is 2020. The van der Waals surface area contributed by atoms with Crippen molar-refractivity contribution in [1.29, 1.82) is 0 Å². The van der Waals surface area contributed by atoms with Gasteiger partial charge in [-0.15, -0.1) is 0 Å². The monoisotopic (exact) mass is 630 g/mol. The van der Waals surface area contributed by atoms with Gasteiger partial charge in [-0.25, -0.2) is 19.8 Å². The SMILES string of the molecule is CCOC(=O)C1=C(c2ccccc2)N=c2s/c(=C\c3ccc(Sc4ncccn4)o3)c(=O)n2[C@H]1c1cc(Cl)ccc1OC. The molecule has 5 aromatic rings. The van der Waals surface area contributed by atoms with Crippen LogP contribution in [0.2, 0.25) is 5.02 Å². The first-order valence-corrected chi connectivity index (χ1v) is 15.1. The molecule has 1 aliphatic rings. The minimum atomic E-state index is -0.931. The molecule has 0 amide bonds. The molecule has 6 rings (SSSR count). The Morgan fingerprint density at radius 2 is 1.91 bits per heavy atom. The third kappa shape index (κ3) is 5.79. The molecule has 216 valence electrons. The Labute approximate surface area is 258 Å². The van der Waals surface area contributed by atoms with E-state index in [9.17, 15) is 9.59 Å². The van der Waals surface area contributed by atoms with Crippen LogP contribution in [0.1, 0.15) is 29.9 Å². The Morgan fingerprint density at radius 1 is 1.12 bits per heavy atom. The van der Waals surface area contributed by atoms with Crippen LogP contribution in [0.5, 0.6) is 5.75 Å². The summed E-state index contributed by atoms with van der Waals surface area (Å²) < 4.78 is 19.0. The fraction of sp³-hybridized carbons (Fsp3) is 0.129. The predicted molar refractivity (Wildman–Crippen MR) is 164 cm³/mol. The van der Waals surface area contributed by atoms with Crippen molar-refractivity contribution in [3.05, 3.63) is 126 Å². The first-order chi connectivity index (χ1) is 21.0. The summed E-state index contributed by atoms with van der Waals surface area (Å²) in [7, 11) is 1.52. The van der Waals surface area contributed by atoms with E-state index >= 15 is 0 Å². The average Bonchev–Trinajstić information content (AvgIpc) is 3.60. The van der Waals surface area contributed by atoms with E-state index in [2.05, 4.69) is 9.97 Å². The molecule has 0 fully saturated rings. The second-order valence-electron chi connectivity index (χ2n) is 9.11. The summed E-state index contributed by atoms with van der Waals surface area (Å²) in [4.78, 5) is 41.4. The van der Waals surface area contributed by atoms with Crippen LogP contribution in [0.4, 0.5) is 0 Å². The molecule has 1 atom stereocenters. The number of nitrogens with zero attached hydrogens (tertiary/aromatic N) is 4. The van der Waals surface area contributed by atoms with Crippen LogP contribution in [0, 0.1) is 0 Å². The Hall–Kier alpha value is -4.45. The van der Waals surface area contributed by atoms with E-state index in [-0.39, 0.29) is 17.7 Å². The maximum absolute atomic E-state index is 14.1. The minimum absolute atomic E-state index is 0.140. The first kappa shape index (κ1) is 28.7. The van der Waals surface area contributed by atoms with Crippen molar-refractivity contribution < 1.29 is 18.7 Å². The van der Waals surface area contributed by atoms with Crippen LogP contribution < -0.4 is 19.6 Å². The molecule has 3 aromatic heterocycles. The normalized spacial score (nSPS) is 14.8. The summed E-state index contributed by atoms with van der Waals surface area (Å²) in [5.41, 5.74) is 1.46. The molecule has 0 aliphatic carbocycles. The summed E-state index contributed by atoms with van der Waals surface area (Å²) in [5.74, 6) is 0.326. The Morgan fingerprint density at radius 3 is 2.65 bits per heavy atom. The van der Waals surface area contributed by atoms with E-state index in [1.807, 2.05) is 30.3 Å².